The van der Waals surface area contributed by atoms with Crippen molar-refractivity contribution in [2.45, 2.75) is 13.8 Å². The van der Waals surface area contributed by atoms with E-state index in [0.717, 1.165) is 0 Å². The van der Waals surface area contributed by atoms with Crippen LogP contribution in [0, 0.1) is 5.92 Å². The van der Waals surface area contributed by atoms with Crippen molar-refractivity contribution in [2.75, 3.05) is 17.7 Å². The zero-order valence-electron chi connectivity index (χ0n) is 15.4. The van der Waals surface area contributed by atoms with E-state index in [2.05, 4.69) is 16.0 Å². The smallest absolute Gasteiger partial charge is 0.261 e. The predicted octanol–water partition coefficient (Wildman–Crippen LogP) is 4.72. The first-order chi connectivity index (χ1) is 13.2. The van der Waals surface area contributed by atoms with E-state index in [1.807, 2.05) is 0 Å². The molecule has 0 heterocycles. The van der Waals surface area contributed by atoms with Gasteiger partial charge in [0.15, 0.2) is 5.11 Å². The Hall–Kier alpha value is -2.35. The van der Waals surface area contributed by atoms with Crippen molar-refractivity contribution < 1.29 is 14.3 Å². The standard InChI is InChI=1S/C19H19Cl2N3O3S/c1-10(2)17(25)22-12-5-4-6-13(9-12)23-19(28)24-18(26)14-7-11(20)8-15(21)16(14)27-3/h4-10H,1-3H3,(H,22,25)(H2,23,24,26,28). The van der Waals surface area contributed by atoms with Gasteiger partial charge in [-0.2, -0.15) is 0 Å². The van der Waals surface area contributed by atoms with Crippen LogP contribution in [0.2, 0.25) is 10.0 Å². The first-order valence-corrected chi connectivity index (χ1v) is 9.44. The van der Waals surface area contributed by atoms with Crippen LogP contribution in [0.3, 0.4) is 0 Å². The molecule has 0 aromatic heterocycles. The summed E-state index contributed by atoms with van der Waals surface area (Å²) < 4.78 is 5.17. The Bertz CT molecular complexity index is 919. The van der Waals surface area contributed by atoms with Crippen LogP contribution in [0.4, 0.5) is 11.4 Å². The van der Waals surface area contributed by atoms with Crippen LogP contribution in [0.5, 0.6) is 5.75 Å². The highest BCUT2D eigenvalue weighted by Crippen LogP contribution is 2.32. The maximum absolute atomic E-state index is 12.5. The average Bonchev–Trinajstić information content (AvgIpc) is 2.61. The van der Waals surface area contributed by atoms with Gasteiger partial charge in [0.1, 0.15) is 5.75 Å². The number of hydrogen-bond acceptors (Lipinski definition) is 4. The summed E-state index contributed by atoms with van der Waals surface area (Å²) in [5.74, 6) is -0.567. The topological polar surface area (TPSA) is 79.5 Å². The normalized spacial score (nSPS) is 10.4. The van der Waals surface area contributed by atoms with E-state index in [1.165, 1.54) is 19.2 Å². The van der Waals surface area contributed by atoms with Gasteiger partial charge < -0.3 is 15.4 Å². The molecule has 0 spiro atoms. The van der Waals surface area contributed by atoms with E-state index in [0.29, 0.717) is 16.4 Å². The average molecular weight is 440 g/mol. The Kier molecular flexibility index (Phi) is 7.62. The number of amides is 2. The lowest BCUT2D eigenvalue weighted by molar-refractivity contribution is -0.118. The summed E-state index contributed by atoms with van der Waals surface area (Å²) in [4.78, 5) is 24.3. The molecule has 6 nitrogen and oxygen atoms in total. The van der Waals surface area contributed by atoms with Crippen molar-refractivity contribution in [3.8, 4) is 5.75 Å². The zero-order chi connectivity index (χ0) is 20.8. The molecule has 2 aromatic carbocycles. The third-order valence-electron chi connectivity index (χ3n) is 3.60. The molecular weight excluding hydrogens is 421 g/mol. The molecular formula is C19H19Cl2N3O3S. The molecule has 0 aliphatic heterocycles. The lowest BCUT2D eigenvalue weighted by Gasteiger charge is -2.14. The molecule has 0 atom stereocenters. The fourth-order valence-corrected chi connectivity index (χ4v) is 3.01. The van der Waals surface area contributed by atoms with Crippen molar-refractivity contribution in [3.63, 3.8) is 0 Å². The van der Waals surface area contributed by atoms with Gasteiger partial charge in [0.05, 0.1) is 17.7 Å². The van der Waals surface area contributed by atoms with Gasteiger partial charge >= 0.3 is 0 Å². The molecule has 2 aromatic rings. The summed E-state index contributed by atoms with van der Waals surface area (Å²) in [6, 6.07) is 9.88. The van der Waals surface area contributed by atoms with Crippen LogP contribution in [0.15, 0.2) is 36.4 Å². The summed E-state index contributed by atoms with van der Waals surface area (Å²) in [7, 11) is 1.40. The molecule has 3 N–H and O–H groups in total. The highest BCUT2D eigenvalue weighted by atomic mass is 35.5. The lowest BCUT2D eigenvalue weighted by atomic mass is 10.2. The van der Waals surface area contributed by atoms with E-state index in [-0.39, 0.29) is 33.3 Å². The minimum absolute atomic E-state index is 0.0653. The van der Waals surface area contributed by atoms with Gasteiger partial charge in [0.2, 0.25) is 5.91 Å². The van der Waals surface area contributed by atoms with Crippen LogP contribution in [-0.2, 0) is 4.79 Å². The molecule has 0 saturated carbocycles. The number of ether oxygens (including phenoxy) is 1. The van der Waals surface area contributed by atoms with Gasteiger partial charge in [-0.25, -0.2) is 0 Å². The third-order valence-corrected chi connectivity index (χ3v) is 4.30. The fraction of sp³-hybridized carbons (Fsp3) is 0.211. The largest absolute Gasteiger partial charge is 0.494 e. The van der Waals surface area contributed by atoms with Crippen molar-refractivity contribution in [3.05, 3.63) is 52.0 Å². The quantitative estimate of drug-likeness (QED) is 0.587. The number of nitrogens with one attached hydrogen (secondary N) is 3. The van der Waals surface area contributed by atoms with Gasteiger partial charge in [-0.3, -0.25) is 14.9 Å². The number of anilines is 2. The highest BCUT2D eigenvalue weighted by Gasteiger charge is 2.18. The number of methoxy groups -OCH3 is 1. The summed E-state index contributed by atoms with van der Waals surface area (Å²) in [6.07, 6.45) is 0. The Morgan fingerprint density at radius 2 is 1.71 bits per heavy atom. The number of halogens is 2. The number of carbonyl (C=O) groups excluding carboxylic acids is 2. The molecule has 0 aliphatic rings. The second-order valence-electron chi connectivity index (χ2n) is 6.10. The van der Waals surface area contributed by atoms with E-state index >= 15 is 0 Å². The summed E-state index contributed by atoms with van der Waals surface area (Å²) >= 11 is 17.2. The Labute approximate surface area is 178 Å². The van der Waals surface area contributed by atoms with Crippen LogP contribution in [-0.4, -0.2) is 24.0 Å². The molecule has 0 fully saturated rings. The summed E-state index contributed by atoms with van der Waals surface area (Å²) in [5.41, 5.74) is 1.37. The second kappa shape index (κ2) is 9.73. The van der Waals surface area contributed by atoms with Gasteiger partial charge in [-0.15, -0.1) is 0 Å². The number of thiocarbonyl (C=S) groups is 1. The fourth-order valence-electron chi connectivity index (χ4n) is 2.23. The number of hydrogen-bond donors (Lipinski definition) is 3. The maximum Gasteiger partial charge on any atom is 0.261 e. The van der Waals surface area contributed by atoms with Gasteiger partial charge in [-0.1, -0.05) is 43.1 Å². The van der Waals surface area contributed by atoms with Crippen LogP contribution in [0.1, 0.15) is 24.2 Å². The molecule has 9 heteroatoms. The number of benzene rings is 2. The van der Waals surface area contributed by atoms with E-state index < -0.39 is 5.91 Å². The molecule has 0 unspecified atom stereocenters. The van der Waals surface area contributed by atoms with Gasteiger partial charge in [-0.05, 0) is 42.5 Å². The predicted molar refractivity (Wildman–Crippen MR) is 117 cm³/mol. The van der Waals surface area contributed by atoms with Crippen LogP contribution in [0.25, 0.3) is 0 Å². The van der Waals surface area contributed by atoms with E-state index in [1.54, 1.807) is 38.1 Å². The first kappa shape index (κ1) is 21.9. The molecule has 0 radical (unpaired) electrons. The van der Waals surface area contributed by atoms with Gasteiger partial charge in [0, 0.05) is 22.3 Å². The molecule has 2 rings (SSSR count). The minimum atomic E-state index is -0.525. The van der Waals surface area contributed by atoms with Crippen LogP contribution < -0.4 is 20.7 Å². The number of carbonyl (C=O) groups is 2. The number of rotatable bonds is 5. The van der Waals surface area contributed by atoms with Crippen LogP contribution >= 0.6 is 35.4 Å². The Morgan fingerprint density at radius 1 is 1.07 bits per heavy atom. The van der Waals surface area contributed by atoms with E-state index in [9.17, 15) is 9.59 Å². The molecule has 2 amide bonds. The van der Waals surface area contributed by atoms with Gasteiger partial charge in [0.25, 0.3) is 5.91 Å². The lowest BCUT2D eigenvalue weighted by Crippen LogP contribution is -2.34. The highest BCUT2D eigenvalue weighted by molar-refractivity contribution is 7.80. The third kappa shape index (κ3) is 5.82. The summed E-state index contributed by atoms with van der Waals surface area (Å²) in [6.45, 7) is 3.61. The monoisotopic (exact) mass is 439 g/mol. The van der Waals surface area contributed by atoms with Crippen molar-refractivity contribution in [2.24, 2.45) is 5.92 Å². The maximum atomic E-state index is 12.5. The Morgan fingerprint density at radius 3 is 2.32 bits per heavy atom. The Balaban J connectivity index is 2.09. The molecule has 148 valence electrons. The summed E-state index contributed by atoms with van der Waals surface area (Å²) in [5, 5.41) is 8.81. The van der Waals surface area contributed by atoms with E-state index in [4.69, 9.17) is 40.2 Å². The van der Waals surface area contributed by atoms with Crippen molar-refractivity contribution >= 4 is 63.7 Å². The molecule has 0 bridgehead atoms. The molecule has 0 saturated heterocycles. The zero-order valence-corrected chi connectivity index (χ0v) is 17.8. The SMILES string of the molecule is COc1c(Cl)cc(Cl)cc1C(=O)NC(=S)Nc1cccc(NC(=O)C(C)C)c1. The van der Waals surface area contributed by atoms with Crippen molar-refractivity contribution in [1.29, 1.82) is 0 Å². The van der Waals surface area contributed by atoms with Crippen molar-refractivity contribution in [1.82, 2.24) is 5.32 Å². The molecule has 0 aliphatic carbocycles. The first-order valence-electron chi connectivity index (χ1n) is 8.27. The second-order valence-corrected chi connectivity index (χ2v) is 7.35. The minimum Gasteiger partial charge on any atom is -0.494 e. The molecule has 28 heavy (non-hydrogen) atoms.